The molecule has 0 bridgehead atoms. The molecular weight excluding hydrogens is 438 g/mol. The monoisotopic (exact) mass is 457 g/mol. The van der Waals surface area contributed by atoms with Crippen molar-refractivity contribution in [2.75, 3.05) is 4.72 Å². The van der Waals surface area contributed by atoms with Gasteiger partial charge in [-0.05, 0) is 42.8 Å². The van der Waals surface area contributed by atoms with Crippen LogP contribution in [0.5, 0.6) is 0 Å². The van der Waals surface area contributed by atoms with E-state index in [1.165, 1.54) is 0 Å². The lowest BCUT2D eigenvalue weighted by Gasteiger charge is -2.15. The Labute approximate surface area is 173 Å². The van der Waals surface area contributed by atoms with Gasteiger partial charge in [-0.25, -0.2) is 8.42 Å². The zero-order valence-electron chi connectivity index (χ0n) is 15.2. The van der Waals surface area contributed by atoms with Crippen LogP contribution in [0.25, 0.3) is 6.08 Å². The molecule has 1 atom stereocenters. The first-order valence-electron chi connectivity index (χ1n) is 8.65. The fourth-order valence-electron chi connectivity index (χ4n) is 2.65. The second-order valence-electron chi connectivity index (χ2n) is 6.36. The summed E-state index contributed by atoms with van der Waals surface area (Å²) in [6, 6.07) is 21.1. The standard InChI is InChI=1S/C22H20BrNO3S/c1-16-6-13-19(14-7-16)28(26,27)24-21-5-3-2-4-20(21)22(25)15-10-17-8-11-18(23)12-9-17/h2-15,22,24-25H,1H3/b15-10+. The molecule has 2 N–H and O–H groups in total. The van der Waals surface area contributed by atoms with Gasteiger partial charge in [-0.2, -0.15) is 0 Å². The number of aliphatic hydroxyl groups is 1. The van der Waals surface area contributed by atoms with E-state index in [4.69, 9.17) is 0 Å². The van der Waals surface area contributed by atoms with Gasteiger partial charge < -0.3 is 5.11 Å². The summed E-state index contributed by atoms with van der Waals surface area (Å²) in [6.45, 7) is 1.90. The molecule has 0 amide bonds. The van der Waals surface area contributed by atoms with Crippen LogP contribution < -0.4 is 4.72 Å². The van der Waals surface area contributed by atoms with Crippen LogP contribution in [0, 0.1) is 6.92 Å². The van der Waals surface area contributed by atoms with E-state index in [-0.39, 0.29) is 4.90 Å². The van der Waals surface area contributed by atoms with Crippen LogP contribution in [-0.4, -0.2) is 13.5 Å². The molecule has 0 fully saturated rings. The number of hydrogen-bond acceptors (Lipinski definition) is 3. The third kappa shape index (κ3) is 5.10. The topological polar surface area (TPSA) is 66.4 Å². The molecule has 0 aliphatic rings. The average Bonchev–Trinajstić information content (AvgIpc) is 2.68. The minimum atomic E-state index is -3.75. The summed E-state index contributed by atoms with van der Waals surface area (Å²) < 4.78 is 28.9. The Balaban J connectivity index is 1.84. The Morgan fingerprint density at radius 2 is 1.61 bits per heavy atom. The van der Waals surface area contributed by atoms with Crippen molar-refractivity contribution >= 4 is 37.7 Å². The number of para-hydroxylation sites is 1. The normalized spacial score (nSPS) is 12.8. The van der Waals surface area contributed by atoms with E-state index in [0.717, 1.165) is 15.6 Å². The van der Waals surface area contributed by atoms with Crippen LogP contribution in [0.1, 0.15) is 22.8 Å². The fraction of sp³-hybridized carbons (Fsp3) is 0.0909. The van der Waals surface area contributed by atoms with Crippen molar-refractivity contribution in [2.45, 2.75) is 17.9 Å². The van der Waals surface area contributed by atoms with Gasteiger partial charge in [0, 0.05) is 10.0 Å². The summed E-state index contributed by atoms with van der Waals surface area (Å²) in [4.78, 5) is 0.174. The Morgan fingerprint density at radius 3 is 2.29 bits per heavy atom. The number of benzene rings is 3. The molecule has 0 aliphatic heterocycles. The Hall–Kier alpha value is -2.41. The molecule has 1 unspecified atom stereocenters. The van der Waals surface area contributed by atoms with Crippen LogP contribution in [0.3, 0.4) is 0 Å². The molecule has 4 nitrogen and oxygen atoms in total. The Morgan fingerprint density at radius 1 is 0.964 bits per heavy atom. The maximum absolute atomic E-state index is 12.7. The summed E-state index contributed by atoms with van der Waals surface area (Å²) in [5.41, 5.74) is 2.73. The first-order valence-corrected chi connectivity index (χ1v) is 10.9. The number of nitrogens with one attached hydrogen (secondary N) is 1. The van der Waals surface area contributed by atoms with Crippen molar-refractivity contribution in [1.29, 1.82) is 0 Å². The highest BCUT2D eigenvalue weighted by Crippen LogP contribution is 2.27. The SMILES string of the molecule is Cc1ccc(S(=O)(=O)Nc2ccccc2C(O)/C=C/c2ccc(Br)cc2)cc1. The van der Waals surface area contributed by atoms with Gasteiger partial charge in [0.15, 0.2) is 0 Å². The van der Waals surface area contributed by atoms with E-state index in [9.17, 15) is 13.5 Å². The maximum atomic E-state index is 12.7. The fourth-order valence-corrected chi connectivity index (χ4v) is 4.00. The molecule has 0 aliphatic carbocycles. The van der Waals surface area contributed by atoms with Crippen molar-refractivity contribution in [3.8, 4) is 0 Å². The third-order valence-electron chi connectivity index (χ3n) is 4.20. The Kier molecular flexibility index (Phi) is 6.34. The molecule has 3 aromatic rings. The van der Waals surface area contributed by atoms with E-state index in [1.54, 1.807) is 60.7 Å². The van der Waals surface area contributed by atoms with Gasteiger partial charge in [0.25, 0.3) is 10.0 Å². The highest BCUT2D eigenvalue weighted by molar-refractivity contribution is 9.10. The number of aliphatic hydroxyl groups excluding tert-OH is 1. The van der Waals surface area contributed by atoms with Crippen LogP contribution >= 0.6 is 15.9 Å². The molecule has 0 radical (unpaired) electrons. The molecule has 0 spiro atoms. The first-order chi connectivity index (χ1) is 13.3. The van der Waals surface area contributed by atoms with Gasteiger partial charge >= 0.3 is 0 Å². The van der Waals surface area contributed by atoms with Gasteiger partial charge in [0.05, 0.1) is 16.7 Å². The minimum absolute atomic E-state index is 0.174. The van der Waals surface area contributed by atoms with E-state index in [1.807, 2.05) is 31.2 Å². The lowest BCUT2D eigenvalue weighted by atomic mass is 10.1. The van der Waals surface area contributed by atoms with Crippen LogP contribution in [-0.2, 0) is 10.0 Å². The lowest BCUT2D eigenvalue weighted by Crippen LogP contribution is -2.15. The second kappa shape index (κ2) is 8.73. The van der Waals surface area contributed by atoms with Gasteiger partial charge in [0.1, 0.15) is 0 Å². The molecule has 0 aromatic heterocycles. The summed E-state index contributed by atoms with van der Waals surface area (Å²) >= 11 is 3.38. The highest BCUT2D eigenvalue weighted by Gasteiger charge is 2.17. The van der Waals surface area contributed by atoms with Crippen LogP contribution in [0.4, 0.5) is 5.69 Å². The molecule has 0 heterocycles. The number of halogens is 1. The predicted octanol–water partition coefficient (Wildman–Crippen LogP) is 5.31. The van der Waals surface area contributed by atoms with E-state index < -0.39 is 16.1 Å². The average molecular weight is 458 g/mol. The van der Waals surface area contributed by atoms with Gasteiger partial charge in [-0.1, -0.05) is 76.1 Å². The molecule has 0 saturated carbocycles. The van der Waals surface area contributed by atoms with Crippen LogP contribution in [0.15, 0.2) is 88.2 Å². The Bertz CT molecular complexity index is 1080. The molecule has 0 saturated heterocycles. The largest absolute Gasteiger partial charge is 0.384 e. The summed E-state index contributed by atoms with van der Waals surface area (Å²) in [5.74, 6) is 0. The molecule has 3 rings (SSSR count). The summed E-state index contributed by atoms with van der Waals surface area (Å²) in [7, 11) is -3.75. The summed E-state index contributed by atoms with van der Waals surface area (Å²) in [6.07, 6.45) is 2.46. The van der Waals surface area contributed by atoms with Crippen molar-refractivity contribution < 1.29 is 13.5 Å². The number of aryl methyl sites for hydroxylation is 1. The molecule has 3 aromatic carbocycles. The predicted molar refractivity (Wildman–Crippen MR) is 117 cm³/mol. The lowest BCUT2D eigenvalue weighted by molar-refractivity contribution is 0.230. The van der Waals surface area contributed by atoms with Crippen molar-refractivity contribution in [2.24, 2.45) is 0 Å². The highest BCUT2D eigenvalue weighted by atomic mass is 79.9. The smallest absolute Gasteiger partial charge is 0.261 e. The van der Waals surface area contributed by atoms with Crippen molar-refractivity contribution in [1.82, 2.24) is 0 Å². The first kappa shape index (κ1) is 20.3. The quantitative estimate of drug-likeness (QED) is 0.527. The zero-order chi connectivity index (χ0) is 20.1. The second-order valence-corrected chi connectivity index (χ2v) is 8.96. The van der Waals surface area contributed by atoms with E-state index in [2.05, 4.69) is 20.7 Å². The maximum Gasteiger partial charge on any atom is 0.261 e. The summed E-state index contributed by atoms with van der Waals surface area (Å²) in [5, 5.41) is 10.6. The zero-order valence-corrected chi connectivity index (χ0v) is 17.6. The van der Waals surface area contributed by atoms with Crippen molar-refractivity contribution in [3.63, 3.8) is 0 Å². The third-order valence-corrected chi connectivity index (χ3v) is 6.11. The molecule has 28 heavy (non-hydrogen) atoms. The minimum Gasteiger partial charge on any atom is -0.384 e. The number of hydrogen-bond donors (Lipinski definition) is 2. The van der Waals surface area contributed by atoms with Gasteiger partial charge in [-0.15, -0.1) is 0 Å². The van der Waals surface area contributed by atoms with E-state index in [0.29, 0.717) is 11.3 Å². The molecular formula is C22H20BrNO3S. The molecule has 144 valence electrons. The van der Waals surface area contributed by atoms with Gasteiger partial charge in [0.2, 0.25) is 0 Å². The van der Waals surface area contributed by atoms with Crippen molar-refractivity contribution in [3.05, 3.63) is 100 Å². The molecule has 6 heteroatoms. The number of rotatable bonds is 6. The van der Waals surface area contributed by atoms with E-state index >= 15 is 0 Å². The van der Waals surface area contributed by atoms with Crippen LogP contribution in [0.2, 0.25) is 0 Å². The number of anilines is 1. The van der Waals surface area contributed by atoms with Gasteiger partial charge in [-0.3, -0.25) is 4.72 Å². The number of sulfonamides is 1.